The SMILES string of the molecule is CCOc1ccc(N2C(=O)/C(=C\c3cccc(OCc4c(F)cccc4Cl)c3)SC2=S)cc1. The Labute approximate surface area is 206 Å². The number of halogens is 2. The van der Waals surface area contributed by atoms with Crippen LogP contribution in [-0.2, 0) is 11.4 Å². The van der Waals surface area contributed by atoms with Crippen LogP contribution in [0, 0.1) is 5.82 Å². The van der Waals surface area contributed by atoms with Gasteiger partial charge in [0.15, 0.2) is 4.32 Å². The first-order valence-electron chi connectivity index (χ1n) is 10.1. The third kappa shape index (κ3) is 5.38. The van der Waals surface area contributed by atoms with Crippen molar-refractivity contribution in [3.63, 3.8) is 0 Å². The summed E-state index contributed by atoms with van der Waals surface area (Å²) >= 11 is 12.7. The Hall–Kier alpha value is -2.87. The van der Waals surface area contributed by atoms with Gasteiger partial charge in [0.25, 0.3) is 5.91 Å². The van der Waals surface area contributed by atoms with Crippen molar-refractivity contribution >= 4 is 57.6 Å². The monoisotopic (exact) mass is 499 g/mol. The molecule has 0 bridgehead atoms. The molecule has 4 nitrogen and oxygen atoms in total. The molecule has 0 N–H and O–H groups in total. The molecule has 1 saturated heterocycles. The molecule has 33 heavy (non-hydrogen) atoms. The molecular formula is C25H19ClFNO3S2. The van der Waals surface area contributed by atoms with E-state index in [0.29, 0.717) is 37.9 Å². The fraction of sp³-hybridized carbons (Fsp3) is 0.120. The second-order valence-corrected chi connectivity index (χ2v) is 9.09. The molecule has 3 aromatic carbocycles. The summed E-state index contributed by atoms with van der Waals surface area (Å²) in [5.41, 5.74) is 1.74. The molecule has 4 rings (SSSR count). The van der Waals surface area contributed by atoms with E-state index >= 15 is 0 Å². The molecule has 0 atom stereocenters. The van der Waals surface area contributed by atoms with Crippen LogP contribution in [0.25, 0.3) is 6.08 Å². The highest BCUT2D eigenvalue weighted by molar-refractivity contribution is 8.27. The van der Waals surface area contributed by atoms with E-state index in [2.05, 4.69) is 0 Å². The molecule has 0 unspecified atom stereocenters. The minimum Gasteiger partial charge on any atom is -0.494 e. The van der Waals surface area contributed by atoms with Gasteiger partial charge in [-0.05, 0) is 67.1 Å². The van der Waals surface area contributed by atoms with E-state index in [9.17, 15) is 9.18 Å². The molecule has 0 saturated carbocycles. The molecule has 1 amide bonds. The smallest absolute Gasteiger partial charge is 0.270 e. The summed E-state index contributed by atoms with van der Waals surface area (Å²) in [7, 11) is 0. The number of hydrogen-bond acceptors (Lipinski definition) is 5. The zero-order valence-corrected chi connectivity index (χ0v) is 20.0. The second kappa shape index (κ2) is 10.4. The first-order chi connectivity index (χ1) is 16.0. The first-order valence-corrected chi connectivity index (χ1v) is 11.7. The highest BCUT2D eigenvalue weighted by atomic mass is 35.5. The lowest BCUT2D eigenvalue weighted by molar-refractivity contribution is -0.113. The maximum absolute atomic E-state index is 14.0. The van der Waals surface area contributed by atoms with Gasteiger partial charge in [-0.1, -0.05) is 53.8 Å². The number of amides is 1. The second-order valence-electron chi connectivity index (χ2n) is 7.01. The van der Waals surface area contributed by atoms with Gasteiger partial charge < -0.3 is 9.47 Å². The van der Waals surface area contributed by atoms with E-state index < -0.39 is 5.82 Å². The average molecular weight is 500 g/mol. The van der Waals surface area contributed by atoms with Crippen LogP contribution in [0.2, 0.25) is 5.02 Å². The van der Waals surface area contributed by atoms with Gasteiger partial charge in [-0.3, -0.25) is 9.69 Å². The third-order valence-corrected chi connectivity index (χ3v) is 6.46. The molecular weight excluding hydrogens is 481 g/mol. The van der Waals surface area contributed by atoms with E-state index in [-0.39, 0.29) is 12.5 Å². The number of carbonyl (C=O) groups is 1. The van der Waals surface area contributed by atoms with E-state index in [4.69, 9.17) is 33.3 Å². The van der Waals surface area contributed by atoms with Crippen molar-refractivity contribution in [2.24, 2.45) is 0 Å². The van der Waals surface area contributed by atoms with Crippen molar-refractivity contribution < 1.29 is 18.7 Å². The van der Waals surface area contributed by atoms with E-state index in [1.165, 1.54) is 22.7 Å². The number of rotatable bonds is 7. The van der Waals surface area contributed by atoms with Gasteiger partial charge >= 0.3 is 0 Å². The van der Waals surface area contributed by atoms with Crippen molar-refractivity contribution in [1.82, 2.24) is 0 Å². The van der Waals surface area contributed by atoms with Gasteiger partial charge in [-0.25, -0.2) is 4.39 Å². The van der Waals surface area contributed by atoms with Crippen LogP contribution in [0.4, 0.5) is 10.1 Å². The Morgan fingerprint density at radius 3 is 2.55 bits per heavy atom. The number of anilines is 1. The fourth-order valence-electron chi connectivity index (χ4n) is 3.22. The van der Waals surface area contributed by atoms with Crippen LogP contribution in [-0.4, -0.2) is 16.8 Å². The van der Waals surface area contributed by atoms with E-state index in [0.717, 1.165) is 11.3 Å². The molecule has 1 aliphatic heterocycles. The molecule has 1 aliphatic rings. The predicted octanol–water partition coefficient (Wildman–Crippen LogP) is 6.86. The summed E-state index contributed by atoms with van der Waals surface area (Å²) < 4.78 is 25.6. The van der Waals surface area contributed by atoms with Gasteiger partial charge in [-0.15, -0.1) is 0 Å². The van der Waals surface area contributed by atoms with Gasteiger partial charge in [-0.2, -0.15) is 0 Å². The van der Waals surface area contributed by atoms with Crippen LogP contribution in [0.15, 0.2) is 71.6 Å². The lowest BCUT2D eigenvalue weighted by Gasteiger charge is -2.15. The highest BCUT2D eigenvalue weighted by Gasteiger charge is 2.33. The lowest BCUT2D eigenvalue weighted by Crippen LogP contribution is -2.27. The van der Waals surface area contributed by atoms with Gasteiger partial charge in [0.2, 0.25) is 0 Å². The number of thioether (sulfide) groups is 1. The molecule has 0 radical (unpaired) electrons. The highest BCUT2D eigenvalue weighted by Crippen LogP contribution is 2.37. The summed E-state index contributed by atoms with van der Waals surface area (Å²) in [6.45, 7) is 2.48. The van der Waals surface area contributed by atoms with Crippen molar-refractivity contribution in [3.8, 4) is 11.5 Å². The maximum atomic E-state index is 14.0. The number of thiocarbonyl (C=S) groups is 1. The molecule has 0 spiro atoms. The lowest BCUT2D eigenvalue weighted by atomic mass is 10.2. The Kier molecular flexibility index (Phi) is 7.33. The minimum absolute atomic E-state index is 0.00514. The van der Waals surface area contributed by atoms with Crippen LogP contribution < -0.4 is 14.4 Å². The number of nitrogens with zero attached hydrogens (tertiary/aromatic N) is 1. The normalized spacial score (nSPS) is 14.8. The summed E-state index contributed by atoms with van der Waals surface area (Å²) in [5.74, 6) is 0.649. The van der Waals surface area contributed by atoms with Crippen LogP contribution >= 0.6 is 35.6 Å². The summed E-state index contributed by atoms with van der Waals surface area (Å²) in [6.07, 6.45) is 1.76. The fourth-order valence-corrected chi connectivity index (χ4v) is 4.74. The largest absolute Gasteiger partial charge is 0.494 e. The zero-order chi connectivity index (χ0) is 23.4. The summed E-state index contributed by atoms with van der Waals surface area (Å²) in [4.78, 5) is 15.0. The maximum Gasteiger partial charge on any atom is 0.270 e. The number of carbonyl (C=O) groups excluding carboxylic acids is 1. The van der Waals surface area contributed by atoms with Crippen molar-refractivity contribution in [2.45, 2.75) is 13.5 Å². The molecule has 8 heteroatoms. The minimum atomic E-state index is -0.420. The quantitative estimate of drug-likeness (QED) is 0.262. The topological polar surface area (TPSA) is 38.8 Å². The Balaban J connectivity index is 1.50. The Morgan fingerprint density at radius 2 is 1.82 bits per heavy atom. The van der Waals surface area contributed by atoms with Crippen molar-refractivity contribution in [3.05, 3.63) is 93.6 Å². The van der Waals surface area contributed by atoms with E-state index in [1.807, 2.05) is 25.1 Å². The Morgan fingerprint density at radius 1 is 1.06 bits per heavy atom. The summed E-state index contributed by atoms with van der Waals surface area (Å²) in [6, 6.07) is 18.9. The molecule has 1 fully saturated rings. The van der Waals surface area contributed by atoms with Crippen LogP contribution in [0.1, 0.15) is 18.1 Å². The first kappa shape index (κ1) is 23.3. The molecule has 1 heterocycles. The molecule has 3 aromatic rings. The summed E-state index contributed by atoms with van der Waals surface area (Å²) in [5, 5.41) is 0.309. The number of hydrogen-bond donors (Lipinski definition) is 0. The van der Waals surface area contributed by atoms with Crippen molar-refractivity contribution in [1.29, 1.82) is 0 Å². The van der Waals surface area contributed by atoms with Gasteiger partial charge in [0, 0.05) is 5.56 Å². The number of ether oxygens (including phenoxy) is 2. The number of benzene rings is 3. The predicted molar refractivity (Wildman–Crippen MR) is 135 cm³/mol. The van der Waals surface area contributed by atoms with Crippen LogP contribution in [0.5, 0.6) is 11.5 Å². The van der Waals surface area contributed by atoms with Crippen LogP contribution in [0.3, 0.4) is 0 Å². The van der Waals surface area contributed by atoms with Gasteiger partial charge in [0.1, 0.15) is 23.9 Å². The Bertz CT molecular complexity index is 1210. The molecule has 168 valence electrons. The zero-order valence-electron chi connectivity index (χ0n) is 17.6. The average Bonchev–Trinajstić information content (AvgIpc) is 3.07. The van der Waals surface area contributed by atoms with Gasteiger partial charge in [0.05, 0.1) is 22.2 Å². The third-order valence-electron chi connectivity index (χ3n) is 4.80. The van der Waals surface area contributed by atoms with E-state index in [1.54, 1.807) is 48.5 Å². The molecule has 0 aliphatic carbocycles. The van der Waals surface area contributed by atoms with Crippen molar-refractivity contribution in [2.75, 3.05) is 11.5 Å². The molecule has 0 aromatic heterocycles. The standard InChI is InChI=1S/C25H19ClFNO3S2/c1-2-30-18-11-9-17(10-12-18)28-24(29)23(33-25(28)32)14-16-5-3-6-19(13-16)31-15-20-21(26)7-4-8-22(20)27/h3-14H,2,15H2,1H3/b23-14+.